The first-order valence-corrected chi connectivity index (χ1v) is 10.9. The van der Waals surface area contributed by atoms with E-state index >= 15 is 0 Å². The third-order valence-corrected chi connectivity index (χ3v) is 5.97. The minimum Gasteiger partial charge on any atom is -0.354 e. The fraction of sp³-hybridized carbons (Fsp3) is 0.250. The lowest BCUT2D eigenvalue weighted by Gasteiger charge is -2.14. The maximum atomic E-state index is 12.8. The van der Waals surface area contributed by atoms with Crippen molar-refractivity contribution in [2.24, 2.45) is 0 Å². The molecule has 2 aromatic rings. The number of aryl methyl sites for hydroxylation is 1. The molecular weight excluding hydrogens is 391 g/mol. The van der Waals surface area contributed by atoms with Gasteiger partial charge in [-0.2, -0.15) is 13.2 Å². The largest absolute Gasteiger partial charge is 0.501 e. The highest BCUT2D eigenvalue weighted by Crippen LogP contribution is 2.35. The lowest BCUT2D eigenvalue weighted by molar-refractivity contribution is -0.0435. The number of sulfone groups is 2. The van der Waals surface area contributed by atoms with Gasteiger partial charge in [0.1, 0.15) is 9.84 Å². The molecule has 26 heavy (non-hydrogen) atoms. The molecule has 0 unspecified atom stereocenters. The van der Waals surface area contributed by atoms with Crippen molar-refractivity contribution < 1.29 is 30.0 Å². The normalized spacial score (nSPS) is 12.8. The molecule has 0 saturated carbocycles. The molecule has 0 fully saturated rings. The minimum atomic E-state index is -5.49. The summed E-state index contributed by atoms with van der Waals surface area (Å²) in [6, 6.07) is 11.0. The molecule has 0 saturated heterocycles. The number of hydrogen-bond donors (Lipinski definition) is 1. The van der Waals surface area contributed by atoms with E-state index in [0.29, 0.717) is 12.1 Å². The Morgan fingerprint density at radius 1 is 0.923 bits per heavy atom. The summed E-state index contributed by atoms with van der Waals surface area (Å²) in [4.78, 5) is -0.867. The van der Waals surface area contributed by atoms with E-state index in [1.165, 1.54) is 30.3 Å². The molecular formula is C16H16F3NO4S2. The number of halogens is 3. The average Bonchev–Trinajstić information content (AvgIpc) is 2.53. The molecule has 0 atom stereocenters. The lowest BCUT2D eigenvalue weighted by atomic mass is 10.1. The zero-order valence-electron chi connectivity index (χ0n) is 13.6. The first-order chi connectivity index (χ1) is 11.9. The van der Waals surface area contributed by atoms with Gasteiger partial charge in [-0.05, 0) is 36.2 Å². The number of hydrogen-bond acceptors (Lipinski definition) is 5. The maximum absolute atomic E-state index is 12.8. The molecule has 5 nitrogen and oxygen atoms in total. The summed E-state index contributed by atoms with van der Waals surface area (Å²) in [5, 5.41) is 2.65. The number of para-hydroxylation sites is 1. The number of benzene rings is 2. The van der Waals surface area contributed by atoms with E-state index in [9.17, 15) is 30.0 Å². The molecule has 0 heterocycles. The Balaban J connectivity index is 2.25. The van der Waals surface area contributed by atoms with Gasteiger partial charge in [0.2, 0.25) is 0 Å². The fourth-order valence-electron chi connectivity index (χ4n) is 2.14. The predicted octanol–water partition coefficient (Wildman–Crippen LogP) is 3.31. The van der Waals surface area contributed by atoms with Crippen LogP contribution in [0.25, 0.3) is 0 Å². The van der Waals surface area contributed by atoms with Crippen LogP contribution in [-0.4, -0.2) is 34.4 Å². The first kappa shape index (κ1) is 20.2. The van der Waals surface area contributed by atoms with Crippen molar-refractivity contribution in [3.8, 4) is 0 Å². The summed E-state index contributed by atoms with van der Waals surface area (Å²) in [6.07, 6.45) is 1.43. The van der Waals surface area contributed by atoms with Gasteiger partial charge in [0.05, 0.1) is 16.3 Å². The average molecular weight is 407 g/mol. The number of rotatable bonds is 6. The van der Waals surface area contributed by atoms with Crippen molar-refractivity contribution in [2.75, 3.05) is 17.3 Å². The highest BCUT2D eigenvalue weighted by molar-refractivity contribution is 7.92. The van der Waals surface area contributed by atoms with Gasteiger partial charge in [0.25, 0.3) is 9.84 Å². The first-order valence-electron chi connectivity index (χ1n) is 7.34. The van der Waals surface area contributed by atoms with Gasteiger partial charge in [0.15, 0.2) is 0 Å². The molecule has 142 valence electrons. The molecule has 0 radical (unpaired) electrons. The SMILES string of the molecule is CS(=O)(=O)CCc1ccc(Nc2ccccc2S(=O)(=O)C(F)(F)F)cc1. The number of nitrogens with one attached hydrogen (secondary N) is 1. The number of anilines is 2. The summed E-state index contributed by atoms with van der Waals surface area (Å²) in [6.45, 7) is 0. The Morgan fingerprint density at radius 2 is 1.50 bits per heavy atom. The summed E-state index contributed by atoms with van der Waals surface area (Å²) >= 11 is 0. The second kappa shape index (κ2) is 7.28. The van der Waals surface area contributed by atoms with Crippen LogP contribution in [0.2, 0.25) is 0 Å². The van der Waals surface area contributed by atoms with Crippen molar-refractivity contribution >= 4 is 31.0 Å². The van der Waals surface area contributed by atoms with Gasteiger partial charge in [-0.3, -0.25) is 0 Å². The molecule has 0 aromatic heterocycles. The molecule has 0 aliphatic carbocycles. The Kier molecular flexibility index (Phi) is 5.67. The van der Waals surface area contributed by atoms with E-state index in [4.69, 9.17) is 0 Å². The molecule has 0 amide bonds. The summed E-state index contributed by atoms with van der Waals surface area (Å²) in [7, 11) is -8.60. The second-order valence-corrected chi connectivity index (χ2v) is 9.82. The highest BCUT2D eigenvalue weighted by Gasteiger charge is 2.47. The topological polar surface area (TPSA) is 80.3 Å². The Labute approximate surface area is 149 Å². The van der Waals surface area contributed by atoms with Crippen molar-refractivity contribution in [3.63, 3.8) is 0 Å². The fourth-order valence-corrected chi connectivity index (χ4v) is 3.66. The van der Waals surface area contributed by atoms with Crippen LogP contribution in [0.5, 0.6) is 0 Å². The van der Waals surface area contributed by atoms with Crippen LogP contribution in [0.4, 0.5) is 24.5 Å². The molecule has 0 spiro atoms. The standard InChI is InChI=1S/C16H16F3NO4S2/c1-25(21,22)11-10-12-6-8-13(9-7-12)20-14-4-2-3-5-15(14)26(23,24)16(17,18)19/h2-9,20H,10-11H2,1H3. The Bertz CT molecular complexity index is 983. The molecule has 10 heteroatoms. The van der Waals surface area contributed by atoms with Gasteiger partial charge in [0, 0.05) is 11.9 Å². The smallest absolute Gasteiger partial charge is 0.354 e. The molecule has 2 rings (SSSR count). The van der Waals surface area contributed by atoms with E-state index in [0.717, 1.165) is 17.9 Å². The molecule has 1 N–H and O–H groups in total. The van der Waals surface area contributed by atoms with Crippen LogP contribution in [0.1, 0.15) is 5.56 Å². The van der Waals surface area contributed by atoms with Gasteiger partial charge >= 0.3 is 5.51 Å². The quantitative estimate of drug-likeness (QED) is 0.795. The Morgan fingerprint density at radius 3 is 2.04 bits per heavy atom. The van der Waals surface area contributed by atoms with E-state index in [-0.39, 0.29) is 11.4 Å². The van der Waals surface area contributed by atoms with Crippen LogP contribution >= 0.6 is 0 Å². The highest BCUT2D eigenvalue weighted by atomic mass is 32.2. The summed E-state index contributed by atoms with van der Waals surface area (Å²) in [5.41, 5.74) is -4.50. The maximum Gasteiger partial charge on any atom is 0.501 e. The van der Waals surface area contributed by atoms with Crippen LogP contribution in [0.15, 0.2) is 53.4 Å². The monoisotopic (exact) mass is 407 g/mol. The van der Waals surface area contributed by atoms with Crippen LogP contribution in [0.3, 0.4) is 0 Å². The second-order valence-electron chi connectivity index (χ2n) is 5.65. The molecule has 0 aliphatic rings. The van der Waals surface area contributed by atoms with Crippen molar-refractivity contribution in [1.29, 1.82) is 0 Å². The molecule has 2 aromatic carbocycles. The number of alkyl halides is 3. The van der Waals surface area contributed by atoms with E-state index in [1.54, 1.807) is 12.1 Å². The van der Waals surface area contributed by atoms with Gasteiger partial charge in [-0.25, -0.2) is 16.8 Å². The predicted molar refractivity (Wildman–Crippen MR) is 92.8 cm³/mol. The zero-order valence-corrected chi connectivity index (χ0v) is 15.2. The lowest BCUT2D eigenvalue weighted by Crippen LogP contribution is -2.24. The van der Waals surface area contributed by atoms with Gasteiger partial charge in [-0.15, -0.1) is 0 Å². The molecule has 0 bridgehead atoms. The van der Waals surface area contributed by atoms with Gasteiger partial charge in [-0.1, -0.05) is 24.3 Å². The zero-order chi connectivity index (χ0) is 19.6. The van der Waals surface area contributed by atoms with E-state index in [1.807, 2.05) is 0 Å². The minimum absolute atomic E-state index is 0.0214. The van der Waals surface area contributed by atoms with Crippen LogP contribution < -0.4 is 5.32 Å². The van der Waals surface area contributed by atoms with Crippen LogP contribution in [0, 0.1) is 0 Å². The van der Waals surface area contributed by atoms with Crippen molar-refractivity contribution in [3.05, 3.63) is 54.1 Å². The van der Waals surface area contributed by atoms with Crippen molar-refractivity contribution in [1.82, 2.24) is 0 Å². The van der Waals surface area contributed by atoms with E-state index < -0.39 is 30.1 Å². The van der Waals surface area contributed by atoms with Crippen LogP contribution in [-0.2, 0) is 26.1 Å². The summed E-state index contributed by atoms with van der Waals surface area (Å²) < 4.78 is 84.1. The third-order valence-electron chi connectivity index (χ3n) is 3.48. The Hall–Kier alpha value is -2.07. The third kappa shape index (κ3) is 4.98. The summed E-state index contributed by atoms with van der Waals surface area (Å²) in [5.74, 6) is -0.0214. The van der Waals surface area contributed by atoms with E-state index in [2.05, 4.69) is 5.32 Å². The van der Waals surface area contributed by atoms with Crippen molar-refractivity contribution in [2.45, 2.75) is 16.8 Å². The van der Waals surface area contributed by atoms with Gasteiger partial charge < -0.3 is 5.32 Å². The molecule has 0 aliphatic heterocycles.